The first-order valence-electron chi connectivity index (χ1n) is 6.66. The van der Waals surface area contributed by atoms with Crippen molar-refractivity contribution in [3.05, 3.63) is 53.9 Å². The minimum absolute atomic E-state index is 0.535. The molecule has 0 aliphatic rings. The highest BCUT2D eigenvalue weighted by molar-refractivity contribution is 5.52. The Labute approximate surface area is 115 Å². The predicted molar refractivity (Wildman–Crippen MR) is 80.3 cm³/mol. The Kier molecular flexibility index (Phi) is 4.53. The molecule has 0 bridgehead atoms. The molecule has 1 aromatic heterocycles. The smallest absolute Gasteiger partial charge is 0.0645 e. The largest absolute Gasteiger partial charge is 0.316 e. The topological polar surface area (TPSA) is 29.9 Å². The average molecular weight is 255 g/mol. The van der Waals surface area contributed by atoms with Crippen molar-refractivity contribution >= 4 is 6.08 Å². The lowest BCUT2D eigenvalue weighted by molar-refractivity contribution is 0.713. The molecular formula is C16H21N3. The van der Waals surface area contributed by atoms with Gasteiger partial charge in [-0.1, -0.05) is 43.7 Å². The van der Waals surface area contributed by atoms with E-state index in [0.29, 0.717) is 5.92 Å². The number of nitrogens with zero attached hydrogens (tertiary/aromatic N) is 2. The van der Waals surface area contributed by atoms with E-state index in [1.165, 1.54) is 5.57 Å². The fourth-order valence-electron chi connectivity index (χ4n) is 1.97. The first kappa shape index (κ1) is 13.6. The second-order valence-corrected chi connectivity index (χ2v) is 4.96. The van der Waals surface area contributed by atoms with Gasteiger partial charge in [-0.05, 0) is 25.1 Å². The second-order valence-electron chi connectivity index (χ2n) is 4.96. The first-order valence-corrected chi connectivity index (χ1v) is 6.66. The maximum atomic E-state index is 4.41. The number of likely N-dealkylation sites (N-methyl/N-ethyl adjacent to an activating group) is 1. The van der Waals surface area contributed by atoms with E-state index in [-0.39, 0.29) is 0 Å². The van der Waals surface area contributed by atoms with Crippen LogP contribution < -0.4 is 5.32 Å². The summed E-state index contributed by atoms with van der Waals surface area (Å²) in [4.78, 5) is 0. The van der Waals surface area contributed by atoms with Gasteiger partial charge in [0, 0.05) is 18.3 Å². The molecule has 0 unspecified atom stereocenters. The van der Waals surface area contributed by atoms with Gasteiger partial charge in [0.1, 0.15) is 0 Å². The van der Waals surface area contributed by atoms with E-state index in [2.05, 4.69) is 48.7 Å². The minimum atomic E-state index is 0.535. The molecule has 0 spiro atoms. The Hall–Kier alpha value is -1.87. The number of rotatable bonds is 5. The normalized spacial score (nSPS) is 12.1. The monoisotopic (exact) mass is 255 g/mol. The van der Waals surface area contributed by atoms with Crippen LogP contribution >= 0.6 is 0 Å². The van der Waals surface area contributed by atoms with Crippen LogP contribution in [0, 0.1) is 5.92 Å². The van der Waals surface area contributed by atoms with Crippen LogP contribution in [0.2, 0.25) is 0 Å². The molecule has 2 rings (SSSR count). The average Bonchev–Trinajstić information content (AvgIpc) is 2.88. The molecule has 1 heterocycles. The summed E-state index contributed by atoms with van der Waals surface area (Å²) in [6, 6.07) is 10.2. The summed E-state index contributed by atoms with van der Waals surface area (Å²) in [5.41, 5.74) is 3.61. The first-order chi connectivity index (χ1) is 9.20. The van der Waals surface area contributed by atoms with E-state index < -0.39 is 0 Å². The lowest BCUT2D eigenvalue weighted by atomic mass is 10.0. The summed E-state index contributed by atoms with van der Waals surface area (Å²) in [6.45, 7) is 5.34. The Morgan fingerprint density at radius 3 is 2.68 bits per heavy atom. The highest BCUT2D eigenvalue weighted by Gasteiger charge is 2.04. The number of hydrogen-bond acceptors (Lipinski definition) is 2. The minimum Gasteiger partial charge on any atom is -0.316 e. The standard InChI is InChI=1S/C16H21N3/c1-13(2)15(11-17-3)9-14-10-18-19(12-14)16-7-5-4-6-8-16/h4-10,12-13,17H,11H2,1-3H3. The van der Waals surface area contributed by atoms with Crippen LogP contribution in [-0.2, 0) is 0 Å². The summed E-state index contributed by atoms with van der Waals surface area (Å²) < 4.78 is 1.91. The van der Waals surface area contributed by atoms with Gasteiger partial charge in [-0.3, -0.25) is 0 Å². The molecular weight excluding hydrogens is 234 g/mol. The van der Waals surface area contributed by atoms with Crippen LogP contribution in [0.25, 0.3) is 11.8 Å². The van der Waals surface area contributed by atoms with Gasteiger partial charge in [0.2, 0.25) is 0 Å². The third-order valence-electron chi connectivity index (χ3n) is 3.10. The van der Waals surface area contributed by atoms with Crippen molar-refractivity contribution in [2.24, 2.45) is 5.92 Å². The van der Waals surface area contributed by atoms with Gasteiger partial charge in [-0.2, -0.15) is 5.10 Å². The molecule has 0 saturated heterocycles. The Balaban J connectivity index is 2.24. The van der Waals surface area contributed by atoms with Crippen LogP contribution in [0.3, 0.4) is 0 Å². The van der Waals surface area contributed by atoms with Crippen LogP contribution in [-0.4, -0.2) is 23.4 Å². The SMILES string of the molecule is CNCC(=Cc1cnn(-c2ccccc2)c1)C(C)C. The van der Waals surface area contributed by atoms with Crippen LogP contribution in [0.1, 0.15) is 19.4 Å². The molecule has 1 N–H and O–H groups in total. The summed E-state index contributed by atoms with van der Waals surface area (Å²) >= 11 is 0. The molecule has 3 heteroatoms. The molecule has 1 aromatic carbocycles. The number of aromatic nitrogens is 2. The van der Waals surface area contributed by atoms with E-state index in [0.717, 1.165) is 17.8 Å². The zero-order valence-corrected chi connectivity index (χ0v) is 11.8. The van der Waals surface area contributed by atoms with Gasteiger partial charge in [0.15, 0.2) is 0 Å². The second kappa shape index (κ2) is 6.34. The van der Waals surface area contributed by atoms with Gasteiger partial charge >= 0.3 is 0 Å². The molecule has 0 aliphatic carbocycles. The summed E-state index contributed by atoms with van der Waals surface area (Å²) in [7, 11) is 1.98. The predicted octanol–water partition coefficient (Wildman–Crippen LogP) is 3.13. The van der Waals surface area contributed by atoms with E-state index in [1.807, 2.05) is 36.1 Å². The van der Waals surface area contributed by atoms with Crippen molar-refractivity contribution in [3.8, 4) is 5.69 Å². The molecule has 3 nitrogen and oxygen atoms in total. The lowest BCUT2D eigenvalue weighted by Crippen LogP contribution is -2.13. The summed E-state index contributed by atoms with van der Waals surface area (Å²) in [5, 5.41) is 7.62. The Morgan fingerprint density at radius 1 is 1.32 bits per heavy atom. The maximum absolute atomic E-state index is 4.41. The zero-order chi connectivity index (χ0) is 13.7. The Morgan fingerprint density at radius 2 is 2.05 bits per heavy atom. The van der Waals surface area contributed by atoms with E-state index in [9.17, 15) is 0 Å². The highest BCUT2D eigenvalue weighted by Crippen LogP contribution is 2.15. The summed E-state index contributed by atoms with van der Waals surface area (Å²) in [6.07, 6.45) is 6.19. The van der Waals surface area contributed by atoms with Gasteiger partial charge < -0.3 is 5.32 Å². The molecule has 0 radical (unpaired) electrons. The highest BCUT2D eigenvalue weighted by atomic mass is 15.3. The van der Waals surface area contributed by atoms with Crippen LogP contribution in [0.5, 0.6) is 0 Å². The van der Waals surface area contributed by atoms with Crippen molar-refractivity contribution in [2.45, 2.75) is 13.8 Å². The maximum Gasteiger partial charge on any atom is 0.0645 e. The zero-order valence-electron chi connectivity index (χ0n) is 11.8. The van der Waals surface area contributed by atoms with Crippen molar-refractivity contribution in [1.29, 1.82) is 0 Å². The van der Waals surface area contributed by atoms with E-state index >= 15 is 0 Å². The lowest BCUT2D eigenvalue weighted by Gasteiger charge is -2.10. The van der Waals surface area contributed by atoms with Crippen molar-refractivity contribution in [1.82, 2.24) is 15.1 Å². The fraction of sp³-hybridized carbons (Fsp3) is 0.312. The van der Waals surface area contributed by atoms with Crippen molar-refractivity contribution < 1.29 is 0 Å². The van der Waals surface area contributed by atoms with Gasteiger partial charge in [-0.25, -0.2) is 4.68 Å². The molecule has 19 heavy (non-hydrogen) atoms. The number of nitrogens with one attached hydrogen (secondary N) is 1. The quantitative estimate of drug-likeness (QED) is 0.889. The molecule has 100 valence electrons. The summed E-state index contributed by atoms with van der Waals surface area (Å²) in [5.74, 6) is 0.535. The molecule has 2 aromatic rings. The van der Waals surface area contributed by atoms with Gasteiger partial charge in [-0.15, -0.1) is 0 Å². The third kappa shape index (κ3) is 3.55. The number of hydrogen-bond donors (Lipinski definition) is 1. The fourth-order valence-corrected chi connectivity index (χ4v) is 1.97. The number of para-hydroxylation sites is 1. The van der Waals surface area contributed by atoms with Gasteiger partial charge in [0.05, 0.1) is 11.9 Å². The molecule has 0 amide bonds. The van der Waals surface area contributed by atoms with E-state index in [1.54, 1.807) is 0 Å². The molecule has 0 fully saturated rings. The van der Waals surface area contributed by atoms with E-state index in [4.69, 9.17) is 0 Å². The Bertz CT molecular complexity index is 538. The third-order valence-corrected chi connectivity index (χ3v) is 3.10. The molecule has 0 saturated carbocycles. The van der Waals surface area contributed by atoms with Gasteiger partial charge in [0.25, 0.3) is 0 Å². The number of benzene rings is 1. The molecule has 0 atom stereocenters. The van der Waals surface area contributed by atoms with Crippen LogP contribution in [0.4, 0.5) is 0 Å². The van der Waals surface area contributed by atoms with Crippen molar-refractivity contribution in [3.63, 3.8) is 0 Å². The molecule has 0 aliphatic heterocycles. The van der Waals surface area contributed by atoms with Crippen molar-refractivity contribution in [2.75, 3.05) is 13.6 Å². The van der Waals surface area contributed by atoms with Crippen LogP contribution in [0.15, 0.2) is 48.3 Å².